The van der Waals surface area contributed by atoms with Crippen molar-refractivity contribution in [2.24, 2.45) is 0 Å². The molecule has 3 heterocycles. The van der Waals surface area contributed by atoms with E-state index in [0.29, 0.717) is 0 Å². The highest BCUT2D eigenvalue weighted by Crippen LogP contribution is 2.53. The lowest BCUT2D eigenvalue weighted by Gasteiger charge is -2.46. The van der Waals surface area contributed by atoms with E-state index >= 15 is 0 Å². The van der Waals surface area contributed by atoms with Gasteiger partial charge in [-0.3, -0.25) is 0 Å². The molecule has 78 heavy (non-hydrogen) atoms. The van der Waals surface area contributed by atoms with E-state index in [0.717, 1.165) is 58.0 Å². The standard InChI is InChI=1S/C74H59BN2O/c1-5-6-24-56-45-71-62(59-35-22-23-36-70(59)78-71)48-67(56)76-65-39-37-54(49-25-12-7-13-26-49)43-63(65)75-64-44-55(50-27-14-8-15-28-50)38-40-66(64)77(69-47-58(74(2,3)4)46-68(76)72(69)75)73-60(52-31-18-10-19-32-52)41-57(51-29-16-9-17-30-51)42-61(73)53-33-20-11-21-34-53/h7-23,25-48H,5-6,24H2,1-4H3. The molecule has 2 aliphatic rings. The van der Waals surface area contributed by atoms with E-state index in [2.05, 4.69) is 286 Å². The summed E-state index contributed by atoms with van der Waals surface area (Å²) in [6.45, 7) is 9.28. The Labute approximate surface area is 458 Å². The number of aryl methyl sites for hydroxylation is 1. The van der Waals surface area contributed by atoms with Crippen LogP contribution in [0.3, 0.4) is 0 Å². The Bertz CT molecular complexity index is 4160. The van der Waals surface area contributed by atoms with E-state index in [9.17, 15) is 0 Å². The van der Waals surface area contributed by atoms with Crippen LogP contribution in [0.15, 0.2) is 253 Å². The maximum Gasteiger partial charge on any atom is 0.252 e. The zero-order chi connectivity index (χ0) is 52.5. The predicted octanol–water partition coefficient (Wildman–Crippen LogP) is 18.6. The van der Waals surface area contributed by atoms with Crippen LogP contribution in [0.5, 0.6) is 0 Å². The van der Waals surface area contributed by atoms with Crippen LogP contribution in [0.1, 0.15) is 51.7 Å². The molecule has 3 nitrogen and oxygen atoms in total. The molecule has 374 valence electrons. The van der Waals surface area contributed by atoms with Crippen LogP contribution in [-0.2, 0) is 11.8 Å². The van der Waals surface area contributed by atoms with Crippen molar-refractivity contribution in [1.29, 1.82) is 0 Å². The molecule has 4 heteroatoms. The number of para-hydroxylation sites is 1. The average molecular weight is 1000 g/mol. The number of unbranched alkanes of at least 4 members (excludes halogenated alkanes) is 1. The molecule has 2 aliphatic heterocycles. The van der Waals surface area contributed by atoms with Crippen molar-refractivity contribution in [3.05, 3.63) is 260 Å². The van der Waals surface area contributed by atoms with E-state index in [4.69, 9.17) is 4.42 Å². The van der Waals surface area contributed by atoms with Gasteiger partial charge in [0, 0.05) is 44.6 Å². The molecule has 0 saturated heterocycles. The normalized spacial score (nSPS) is 12.7. The zero-order valence-corrected chi connectivity index (χ0v) is 44.7. The number of benzene rings is 11. The van der Waals surface area contributed by atoms with Gasteiger partial charge in [-0.15, -0.1) is 0 Å². The van der Waals surface area contributed by atoms with Gasteiger partial charge < -0.3 is 14.2 Å². The molecule has 0 unspecified atom stereocenters. The SMILES string of the molecule is CCCCc1cc2oc3ccccc3c2cc1N1c2ccc(-c3ccccc3)cc2B2c3cc(-c4ccccc4)ccc3N(c3c(-c4ccccc4)cc(-c4ccccc4)cc3-c3ccccc3)c3cc(C(C)(C)C)cc1c32. The minimum atomic E-state index is -0.218. The lowest BCUT2D eigenvalue weighted by atomic mass is 9.33. The fraction of sp³-hybridized carbons (Fsp3) is 0.108. The number of anilines is 6. The van der Waals surface area contributed by atoms with Crippen molar-refractivity contribution in [3.8, 4) is 55.6 Å². The number of hydrogen-bond acceptors (Lipinski definition) is 3. The molecule has 11 aromatic carbocycles. The van der Waals surface area contributed by atoms with Crippen molar-refractivity contribution < 1.29 is 4.42 Å². The first-order valence-electron chi connectivity index (χ1n) is 27.7. The summed E-state index contributed by atoms with van der Waals surface area (Å²) < 4.78 is 6.70. The summed E-state index contributed by atoms with van der Waals surface area (Å²) >= 11 is 0. The van der Waals surface area contributed by atoms with Gasteiger partial charge in [-0.2, -0.15) is 0 Å². The number of fused-ring (bicyclic) bond motifs is 7. The van der Waals surface area contributed by atoms with Crippen LogP contribution in [0, 0.1) is 0 Å². The monoisotopic (exact) mass is 1000 g/mol. The van der Waals surface area contributed by atoms with Gasteiger partial charge in [-0.25, -0.2) is 0 Å². The summed E-state index contributed by atoms with van der Waals surface area (Å²) in [4.78, 5) is 5.32. The van der Waals surface area contributed by atoms with Crippen molar-refractivity contribution in [3.63, 3.8) is 0 Å². The summed E-state index contributed by atoms with van der Waals surface area (Å²) in [5.74, 6) is 0. The highest BCUT2D eigenvalue weighted by atomic mass is 16.3. The van der Waals surface area contributed by atoms with E-state index in [-0.39, 0.29) is 12.1 Å². The van der Waals surface area contributed by atoms with Crippen LogP contribution in [-0.4, -0.2) is 6.71 Å². The molecule has 0 radical (unpaired) electrons. The lowest BCUT2D eigenvalue weighted by Crippen LogP contribution is -2.61. The Balaban J connectivity index is 1.15. The van der Waals surface area contributed by atoms with E-state index in [1.54, 1.807) is 0 Å². The topological polar surface area (TPSA) is 19.6 Å². The van der Waals surface area contributed by atoms with Gasteiger partial charge in [0.1, 0.15) is 11.2 Å². The molecule has 0 saturated carbocycles. The van der Waals surface area contributed by atoms with Crippen LogP contribution < -0.4 is 26.2 Å². The van der Waals surface area contributed by atoms with Crippen molar-refractivity contribution in [2.45, 2.75) is 52.4 Å². The third kappa shape index (κ3) is 8.05. The molecule has 0 atom stereocenters. The summed E-state index contributed by atoms with van der Waals surface area (Å²) in [6.07, 6.45) is 3.06. The third-order valence-corrected chi connectivity index (χ3v) is 16.4. The van der Waals surface area contributed by atoms with E-state index in [1.807, 2.05) is 0 Å². The smallest absolute Gasteiger partial charge is 0.252 e. The Kier molecular flexibility index (Phi) is 11.6. The second-order valence-corrected chi connectivity index (χ2v) is 22.3. The van der Waals surface area contributed by atoms with Crippen LogP contribution in [0.2, 0.25) is 0 Å². The molecule has 14 rings (SSSR count). The molecule has 0 amide bonds. The third-order valence-electron chi connectivity index (χ3n) is 16.4. The second-order valence-electron chi connectivity index (χ2n) is 22.3. The number of hydrogen-bond donors (Lipinski definition) is 0. The minimum absolute atomic E-state index is 0.129. The average Bonchev–Trinajstić information content (AvgIpc) is 2.18. The van der Waals surface area contributed by atoms with Gasteiger partial charge in [-0.1, -0.05) is 228 Å². The summed E-state index contributed by atoms with van der Waals surface area (Å²) in [6, 6.07) is 92.7. The summed E-state index contributed by atoms with van der Waals surface area (Å²) in [7, 11) is 0. The van der Waals surface area contributed by atoms with Gasteiger partial charge in [-0.05, 0) is 145 Å². The van der Waals surface area contributed by atoms with Crippen molar-refractivity contribution >= 4 is 79.2 Å². The molecule has 0 aliphatic carbocycles. The van der Waals surface area contributed by atoms with Crippen LogP contribution >= 0.6 is 0 Å². The summed E-state index contributed by atoms with van der Waals surface area (Å²) in [5.41, 5.74) is 26.9. The van der Waals surface area contributed by atoms with Crippen LogP contribution in [0.4, 0.5) is 34.1 Å². The number of furan rings is 1. The fourth-order valence-corrected chi connectivity index (χ4v) is 12.5. The Morgan fingerprint density at radius 1 is 0.385 bits per heavy atom. The minimum Gasteiger partial charge on any atom is -0.456 e. The van der Waals surface area contributed by atoms with Gasteiger partial charge >= 0.3 is 0 Å². The summed E-state index contributed by atoms with van der Waals surface area (Å²) in [5, 5.41) is 2.26. The highest BCUT2D eigenvalue weighted by Gasteiger charge is 2.46. The fourth-order valence-electron chi connectivity index (χ4n) is 12.5. The predicted molar refractivity (Wildman–Crippen MR) is 332 cm³/mol. The van der Waals surface area contributed by atoms with Gasteiger partial charge in [0.25, 0.3) is 6.71 Å². The lowest BCUT2D eigenvalue weighted by molar-refractivity contribution is 0.590. The van der Waals surface area contributed by atoms with Crippen molar-refractivity contribution in [1.82, 2.24) is 0 Å². The molecule has 0 N–H and O–H groups in total. The molecule has 1 aromatic heterocycles. The molecule has 0 spiro atoms. The number of nitrogens with zero attached hydrogens (tertiary/aromatic N) is 2. The molecule has 0 bridgehead atoms. The largest absolute Gasteiger partial charge is 0.456 e. The first-order chi connectivity index (χ1) is 38.3. The van der Waals surface area contributed by atoms with Gasteiger partial charge in [0.05, 0.1) is 11.4 Å². The van der Waals surface area contributed by atoms with Gasteiger partial charge in [0.15, 0.2) is 0 Å². The second kappa shape index (κ2) is 19.2. The quantitative estimate of drug-likeness (QED) is 0.127. The molecule has 0 fully saturated rings. The molecule has 12 aromatic rings. The Hall–Kier alpha value is -9.12. The first kappa shape index (κ1) is 47.3. The Morgan fingerprint density at radius 2 is 0.859 bits per heavy atom. The zero-order valence-electron chi connectivity index (χ0n) is 44.7. The first-order valence-corrected chi connectivity index (χ1v) is 27.7. The maximum atomic E-state index is 6.70. The highest BCUT2D eigenvalue weighted by molar-refractivity contribution is 7.00. The van der Waals surface area contributed by atoms with Crippen molar-refractivity contribution in [2.75, 3.05) is 9.80 Å². The van der Waals surface area contributed by atoms with Gasteiger partial charge in [0.2, 0.25) is 0 Å². The number of rotatable bonds is 10. The van der Waals surface area contributed by atoms with Crippen LogP contribution in [0.25, 0.3) is 77.6 Å². The Morgan fingerprint density at radius 3 is 1.38 bits per heavy atom. The van der Waals surface area contributed by atoms with E-state index < -0.39 is 0 Å². The van der Waals surface area contributed by atoms with E-state index in [1.165, 1.54) is 100 Å². The molecular weight excluding hydrogens is 944 g/mol. The maximum absolute atomic E-state index is 6.70. The molecular formula is C74H59BN2O.